The summed E-state index contributed by atoms with van der Waals surface area (Å²) < 4.78 is 3.55. The number of hydrogen-bond acceptors (Lipinski definition) is 3. The van der Waals surface area contributed by atoms with E-state index >= 15 is 0 Å². The third-order valence-corrected chi connectivity index (χ3v) is 4.63. The van der Waals surface area contributed by atoms with E-state index in [2.05, 4.69) is 10.4 Å². The molecule has 8 heteroatoms. The highest BCUT2D eigenvalue weighted by molar-refractivity contribution is 6.30. The number of fused-ring (bicyclic) bond motifs is 2. The van der Waals surface area contributed by atoms with Crippen molar-refractivity contribution in [3.05, 3.63) is 58.6 Å². The molecule has 0 saturated heterocycles. The van der Waals surface area contributed by atoms with Gasteiger partial charge in [0.05, 0.1) is 17.1 Å². The van der Waals surface area contributed by atoms with E-state index in [4.69, 9.17) is 11.6 Å². The summed E-state index contributed by atoms with van der Waals surface area (Å²) in [6.07, 6.45) is 1.67. The van der Waals surface area contributed by atoms with Gasteiger partial charge in [-0.15, -0.1) is 0 Å². The maximum absolute atomic E-state index is 12.8. The molecule has 4 rings (SSSR count). The van der Waals surface area contributed by atoms with E-state index in [-0.39, 0.29) is 11.8 Å². The zero-order chi connectivity index (χ0) is 17.6. The third-order valence-electron chi connectivity index (χ3n) is 4.41. The number of nitrogens with zero attached hydrogens (tertiary/aromatic N) is 4. The molecule has 7 nitrogen and oxygen atoms in total. The summed E-state index contributed by atoms with van der Waals surface area (Å²) in [6.45, 7) is 1.56. The van der Waals surface area contributed by atoms with Gasteiger partial charge in [0, 0.05) is 32.0 Å². The van der Waals surface area contributed by atoms with Gasteiger partial charge in [-0.05, 0) is 30.3 Å². The molecule has 0 saturated carbocycles. The zero-order valence-electron chi connectivity index (χ0n) is 13.6. The molecule has 3 aromatic heterocycles. The Labute approximate surface area is 148 Å². The highest BCUT2D eigenvalue weighted by Gasteiger charge is 2.26. The Kier molecular flexibility index (Phi) is 3.73. The van der Waals surface area contributed by atoms with Crippen molar-refractivity contribution < 1.29 is 9.59 Å². The van der Waals surface area contributed by atoms with Crippen LogP contribution >= 0.6 is 11.6 Å². The van der Waals surface area contributed by atoms with Crippen LogP contribution in [0.5, 0.6) is 0 Å². The van der Waals surface area contributed by atoms with Crippen molar-refractivity contribution in [1.29, 1.82) is 0 Å². The SMILES string of the molecule is CNC(=O)c1ccc2n1CCN(C(=O)c1cc3ccc(Cl)cn3n1)C2. The van der Waals surface area contributed by atoms with E-state index in [1.54, 1.807) is 40.9 Å². The van der Waals surface area contributed by atoms with Crippen LogP contribution in [0, 0.1) is 0 Å². The average Bonchev–Trinajstić information content (AvgIpc) is 3.23. The van der Waals surface area contributed by atoms with E-state index in [0.29, 0.717) is 36.0 Å². The predicted octanol–water partition coefficient (Wildman–Crippen LogP) is 1.80. The van der Waals surface area contributed by atoms with Gasteiger partial charge in [0.2, 0.25) is 0 Å². The quantitative estimate of drug-likeness (QED) is 0.760. The summed E-state index contributed by atoms with van der Waals surface area (Å²) in [5.41, 5.74) is 2.75. The lowest BCUT2D eigenvalue weighted by Crippen LogP contribution is -2.39. The zero-order valence-corrected chi connectivity index (χ0v) is 14.3. The molecule has 1 N–H and O–H groups in total. The van der Waals surface area contributed by atoms with Crippen LogP contribution in [-0.4, -0.2) is 44.5 Å². The second kappa shape index (κ2) is 5.93. The Morgan fingerprint density at radius 3 is 2.84 bits per heavy atom. The van der Waals surface area contributed by atoms with Gasteiger partial charge < -0.3 is 14.8 Å². The van der Waals surface area contributed by atoms with Crippen molar-refractivity contribution in [1.82, 2.24) is 24.4 Å². The topological polar surface area (TPSA) is 71.6 Å². The highest BCUT2D eigenvalue weighted by atomic mass is 35.5. The van der Waals surface area contributed by atoms with Gasteiger partial charge in [-0.2, -0.15) is 5.10 Å². The van der Waals surface area contributed by atoms with Crippen molar-refractivity contribution in [2.45, 2.75) is 13.1 Å². The summed E-state index contributed by atoms with van der Waals surface area (Å²) >= 11 is 5.96. The van der Waals surface area contributed by atoms with E-state index in [1.807, 2.05) is 16.7 Å². The first kappa shape index (κ1) is 15.7. The van der Waals surface area contributed by atoms with E-state index in [9.17, 15) is 9.59 Å². The maximum Gasteiger partial charge on any atom is 0.274 e. The minimum absolute atomic E-state index is 0.122. The van der Waals surface area contributed by atoms with Crippen LogP contribution in [0.15, 0.2) is 36.5 Å². The molecule has 1 aliphatic rings. The Balaban J connectivity index is 1.59. The minimum atomic E-state index is -0.131. The lowest BCUT2D eigenvalue weighted by atomic mass is 10.2. The fraction of sp³-hybridized carbons (Fsp3) is 0.235. The van der Waals surface area contributed by atoms with Crippen LogP contribution in [0.3, 0.4) is 0 Å². The summed E-state index contributed by atoms with van der Waals surface area (Å²) in [5.74, 6) is -0.253. The molecule has 0 aromatic carbocycles. The second-order valence-corrected chi connectivity index (χ2v) is 6.35. The number of halogens is 1. The molecule has 4 heterocycles. The van der Waals surface area contributed by atoms with Gasteiger partial charge in [0.25, 0.3) is 11.8 Å². The number of nitrogens with one attached hydrogen (secondary N) is 1. The molecule has 2 amide bonds. The van der Waals surface area contributed by atoms with Crippen molar-refractivity contribution in [2.24, 2.45) is 0 Å². The number of pyridine rings is 1. The fourth-order valence-electron chi connectivity index (χ4n) is 3.14. The largest absolute Gasteiger partial charge is 0.354 e. The Morgan fingerprint density at radius 1 is 1.20 bits per heavy atom. The average molecular weight is 358 g/mol. The first-order chi connectivity index (χ1) is 12.1. The number of carbonyl (C=O) groups excluding carboxylic acids is 2. The van der Waals surface area contributed by atoms with E-state index in [1.165, 1.54) is 0 Å². The molecule has 25 heavy (non-hydrogen) atoms. The number of aromatic nitrogens is 3. The smallest absolute Gasteiger partial charge is 0.274 e. The lowest BCUT2D eigenvalue weighted by Gasteiger charge is -2.28. The summed E-state index contributed by atoms with van der Waals surface area (Å²) in [7, 11) is 1.61. The van der Waals surface area contributed by atoms with Crippen LogP contribution in [-0.2, 0) is 13.1 Å². The Bertz CT molecular complexity index is 990. The van der Waals surface area contributed by atoms with E-state index in [0.717, 1.165) is 11.2 Å². The normalized spacial score (nSPS) is 13.8. The monoisotopic (exact) mass is 357 g/mol. The molecule has 0 spiro atoms. The first-order valence-electron chi connectivity index (χ1n) is 7.91. The molecule has 0 bridgehead atoms. The van der Waals surface area contributed by atoms with Gasteiger partial charge in [-0.1, -0.05) is 11.6 Å². The summed E-state index contributed by atoms with van der Waals surface area (Å²) in [5, 5.41) is 7.52. The highest BCUT2D eigenvalue weighted by Crippen LogP contribution is 2.20. The molecule has 3 aromatic rings. The van der Waals surface area contributed by atoms with Crippen molar-refractivity contribution in [3.63, 3.8) is 0 Å². The molecular weight excluding hydrogens is 342 g/mol. The second-order valence-electron chi connectivity index (χ2n) is 5.91. The van der Waals surface area contributed by atoms with Crippen LogP contribution in [0.4, 0.5) is 0 Å². The van der Waals surface area contributed by atoms with Gasteiger partial charge in [-0.3, -0.25) is 9.59 Å². The minimum Gasteiger partial charge on any atom is -0.354 e. The van der Waals surface area contributed by atoms with Gasteiger partial charge >= 0.3 is 0 Å². The molecule has 1 aliphatic heterocycles. The lowest BCUT2D eigenvalue weighted by molar-refractivity contribution is 0.0703. The fourth-order valence-corrected chi connectivity index (χ4v) is 3.29. The maximum atomic E-state index is 12.8. The standard InChI is InChI=1S/C17H16ClN5O2/c1-19-16(24)15-5-4-13-10-21(6-7-22(13)15)17(25)14-8-12-3-2-11(18)9-23(12)20-14/h2-5,8-9H,6-7,10H2,1H3,(H,19,24). The Morgan fingerprint density at radius 2 is 2.04 bits per heavy atom. The van der Waals surface area contributed by atoms with Crippen LogP contribution in [0.2, 0.25) is 5.02 Å². The molecule has 0 fully saturated rings. The van der Waals surface area contributed by atoms with Crippen LogP contribution in [0.25, 0.3) is 5.52 Å². The molecule has 128 valence electrons. The number of hydrogen-bond donors (Lipinski definition) is 1. The molecule has 0 aliphatic carbocycles. The molecule has 0 unspecified atom stereocenters. The van der Waals surface area contributed by atoms with Crippen molar-refractivity contribution in [2.75, 3.05) is 13.6 Å². The Hall–Kier alpha value is -2.80. The van der Waals surface area contributed by atoms with Crippen molar-refractivity contribution in [3.8, 4) is 0 Å². The predicted molar refractivity (Wildman–Crippen MR) is 92.8 cm³/mol. The van der Waals surface area contributed by atoms with Crippen LogP contribution < -0.4 is 5.32 Å². The molecular formula is C17H16ClN5O2. The summed E-state index contributed by atoms with van der Waals surface area (Å²) in [4.78, 5) is 26.4. The summed E-state index contributed by atoms with van der Waals surface area (Å²) in [6, 6.07) is 9.01. The third kappa shape index (κ3) is 2.66. The number of rotatable bonds is 2. The van der Waals surface area contributed by atoms with Gasteiger partial charge in [0.1, 0.15) is 5.69 Å². The number of carbonyl (C=O) groups is 2. The van der Waals surface area contributed by atoms with E-state index < -0.39 is 0 Å². The van der Waals surface area contributed by atoms with Gasteiger partial charge in [0.15, 0.2) is 5.69 Å². The molecule has 0 radical (unpaired) electrons. The van der Waals surface area contributed by atoms with Gasteiger partial charge in [-0.25, -0.2) is 4.52 Å². The van der Waals surface area contributed by atoms with Crippen LogP contribution in [0.1, 0.15) is 26.7 Å². The molecule has 0 atom stereocenters. The van der Waals surface area contributed by atoms with Crippen molar-refractivity contribution >= 4 is 28.9 Å². The number of amides is 2. The first-order valence-corrected chi connectivity index (χ1v) is 8.29.